The Bertz CT molecular complexity index is 1090. The van der Waals surface area contributed by atoms with Gasteiger partial charge in [0.2, 0.25) is 11.8 Å². The number of fused-ring (bicyclic) bond motifs is 1. The quantitative estimate of drug-likeness (QED) is 0.602. The number of rotatable bonds is 6. The van der Waals surface area contributed by atoms with Gasteiger partial charge in [-0.2, -0.15) is 0 Å². The molecule has 0 radical (unpaired) electrons. The van der Waals surface area contributed by atoms with Crippen molar-refractivity contribution in [1.29, 1.82) is 0 Å². The van der Waals surface area contributed by atoms with E-state index >= 15 is 0 Å². The Morgan fingerprint density at radius 1 is 1.16 bits per heavy atom. The Balaban J connectivity index is 1.58. The van der Waals surface area contributed by atoms with E-state index in [1.807, 2.05) is 42.2 Å². The van der Waals surface area contributed by atoms with Crippen LogP contribution in [0.2, 0.25) is 0 Å². The van der Waals surface area contributed by atoms with Crippen molar-refractivity contribution >= 4 is 29.3 Å². The molecule has 2 amide bonds. The summed E-state index contributed by atoms with van der Waals surface area (Å²) in [5.74, 6) is 0.00515. The first-order chi connectivity index (χ1) is 14.9. The van der Waals surface area contributed by atoms with Crippen LogP contribution in [0.15, 0.2) is 70.2 Å². The van der Waals surface area contributed by atoms with E-state index in [1.54, 1.807) is 12.3 Å². The molecule has 0 unspecified atom stereocenters. The van der Waals surface area contributed by atoms with Gasteiger partial charge >= 0.3 is 0 Å². The van der Waals surface area contributed by atoms with Crippen molar-refractivity contribution in [3.8, 4) is 0 Å². The highest BCUT2D eigenvalue weighted by molar-refractivity contribution is 8.01. The molecule has 1 aliphatic heterocycles. The molecule has 2 aromatic carbocycles. The number of nitrogens with zero attached hydrogens (tertiary/aromatic N) is 1. The molecule has 0 saturated heterocycles. The van der Waals surface area contributed by atoms with E-state index in [-0.39, 0.29) is 11.8 Å². The average Bonchev–Trinajstić information content (AvgIpc) is 3.29. The molecule has 1 aliphatic rings. The largest absolute Gasteiger partial charge is 0.467 e. The molecule has 2 atom stereocenters. The smallest absolute Gasteiger partial charge is 0.241 e. The third kappa shape index (κ3) is 4.54. The van der Waals surface area contributed by atoms with Crippen LogP contribution in [0.1, 0.15) is 29.4 Å². The SMILES string of the molecule is Cc1ccc(C)c(CN2C(=O)[C@@H]([C@H](C)C(=O)NCc3ccco3)Sc3ccccc32)c1. The lowest BCUT2D eigenvalue weighted by atomic mass is 10.0. The first-order valence-electron chi connectivity index (χ1n) is 10.4. The van der Waals surface area contributed by atoms with Gasteiger partial charge in [0.25, 0.3) is 0 Å². The summed E-state index contributed by atoms with van der Waals surface area (Å²) in [7, 11) is 0. The van der Waals surface area contributed by atoms with Crippen LogP contribution >= 0.6 is 11.8 Å². The normalized spacial score (nSPS) is 16.7. The Labute approximate surface area is 186 Å². The van der Waals surface area contributed by atoms with Gasteiger partial charge in [0.15, 0.2) is 0 Å². The van der Waals surface area contributed by atoms with E-state index in [1.165, 1.54) is 11.8 Å². The number of thioether (sulfide) groups is 1. The molecule has 0 fully saturated rings. The van der Waals surface area contributed by atoms with E-state index in [2.05, 4.69) is 37.4 Å². The first-order valence-corrected chi connectivity index (χ1v) is 11.3. The molecular weight excluding hydrogens is 408 g/mol. The van der Waals surface area contributed by atoms with Crippen molar-refractivity contribution in [1.82, 2.24) is 5.32 Å². The minimum absolute atomic E-state index is 0.0368. The van der Waals surface area contributed by atoms with Gasteiger partial charge in [-0.05, 0) is 49.2 Å². The number of para-hydroxylation sites is 1. The van der Waals surface area contributed by atoms with E-state index < -0.39 is 11.2 Å². The number of hydrogen-bond donors (Lipinski definition) is 1. The first kappa shape index (κ1) is 21.2. The predicted molar refractivity (Wildman–Crippen MR) is 123 cm³/mol. The number of carbonyl (C=O) groups is 2. The topological polar surface area (TPSA) is 62.6 Å². The van der Waals surface area contributed by atoms with Crippen LogP contribution in [0.25, 0.3) is 0 Å². The molecule has 0 spiro atoms. The van der Waals surface area contributed by atoms with Crippen molar-refractivity contribution in [2.24, 2.45) is 5.92 Å². The van der Waals surface area contributed by atoms with E-state index in [0.29, 0.717) is 18.8 Å². The van der Waals surface area contributed by atoms with Gasteiger partial charge in [-0.3, -0.25) is 9.59 Å². The number of nitrogens with one attached hydrogen (secondary N) is 1. The van der Waals surface area contributed by atoms with Crippen LogP contribution in [0.5, 0.6) is 0 Å². The summed E-state index contributed by atoms with van der Waals surface area (Å²) < 4.78 is 5.29. The molecule has 3 aromatic rings. The maximum atomic E-state index is 13.6. The van der Waals surface area contributed by atoms with Gasteiger partial charge < -0.3 is 14.6 Å². The number of aryl methyl sites for hydroxylation is 2. The summed E-state index contributed by atoms with van der Waals surface area (Å²) in [6.45, 7) is 6.73. The molecule has 5 nitrogen and oxygen atoms in total. The van der Waals surface area contributed by atoms with E-state index in [0.717, 1.165) is 27.3 Å². The minimum atomic E-state index is -0.489. The summed E-state index contributed by atoms with van der Waals surface area (Å²) in [5.41, 5.74) is 4.33. The fourth-order valence-corrected chi connectivity index (χ4v) is 5.03. The van der Waals surface area contributed by atoms with Crippen LogP contribution in [0, 0.1) is 19.8 Å². The predicted octanol–water partition coefficient (Wildman–Crippen LogP) is 4.86. The molecule has 0 bridgehead atoms. The van der Waals surface area contributed by atoms with Gasteiger partial charge in [-0.25, -0.2) is 0 Å². The minimum Gasteiger partial charge on any atom is -0.467 e. The Hall–Kier alpha value is -2.99. The van der Waals surface area contributed by atoms with Crippen LogP contribution in [0.3, 0.4) is 0 Å². The molecule has 31 heavy (non-hydrogen) atoms. The highest BCUT2D eigenvalue weighted by Gasteiger charge is 2.39. The van der Waals surface area contributed by atoms with Crippen LogP contribution < -0.4 is 10.2 Å². The summed E-state index contributed by atoms with van der Waals surface area (Å²) in [5, 5.41) is 2.40. The van der Waals surface area contributed by atoms with Crippen molar-refractivity contribution in [2.75, 3.05) is 4.90 Å². The maximum Gasteiger partial charge on any atom is 0.241 e. The number of furan rings is 1. The molecule has 1 aromatic heterocycles. The molecule has 1 N–H and O–H groups in total. The van der Waals surface area contributed by atoms with Crippen LogP contribution in [0.4, 0.5) is 5.69 Å². The van der Waals surface area contributed by atoms with Crippen molar-refractivity contribution < 1.29 is 14.0 Å². The van der Waals surface area contributed by atoms with Gasteiger partial charge in [-0.1, -0.05) is 42.8 Å². The third-order valence-corrected chi connectivity index (χ3v) is 7.10. The average molecular weight is 435 g/mol. The second kappa shape index (κ2) is 9.02. The lowest BCUT2D eigenvalue weighted by molar-refractivity contribution is -0.128. The van der Waals surface area contributed by atoms with E-state index in [4.69, 9.17) is 4.42 Å². The zero-order valence-electron chi connectivity index (χ0n) is 17.9. The zero-order chi connectivity index (χ0) is 22.0. The molecule has 0 aliphatic carbocycles. The summed E-state index contributed by atoms with van der Waals surface area (Å²) >= 11 is 1.47. The van der Waals surface area contributed by atoms with Gasteiger partial charge in [0.1, 0.15) is 11.0 Å². The van der Waals surface area contributed by atoms with Crippen molar-refractivity contribution in [2.45, 2.75) is 44.0 Å². The molecule has 0 saturated carbocycles. The lowest BCUT2D eigenvalue weighted by Crippen LogP contribution is -2.47. The second-order valence-corrected chi connectivity index (χ2v) is 9.13. The highest BCUT2D eigenvalue weighted by Crippen LogP contribution is 2.42. The fourth-order valence-electron chi connectivity index (χ4n) is 3.75. The van der Waals surface area contributed by atoms with Crippen molar-refractivity contribution in [3.05, 3.63) is 83.3 Å². The second-order valence-electron chi connectivity index (χ2n) is 7.95. The monoisotopic (exact) mass is 434 g/mol. The molecule has 2 heterocycles. The van der Waals surface area contributed by atoms with Gasteiger partial charge in [0, 0.05) is 4.90 Å². The number of hydrogen-bond acceptors (Lipinski definition) is 4. The lowest BCUT2D eigenvalue weighted by Gasteiger charge is -2.36. The third-order valence-electron chi connectivity index (χ3n) is 5.64. The fraction of sp³-hybridized carbons (Fsp3) is 0.280. The molecular formula is C25H26N2O3S. The number of amides is 2. The number of anilines is 1. The number of carbonyl (C=O) groups excluding carboxylic acids is 2. The Morgan fingerprint density at radius 2 is 1.97 bits per heavy atom. The highest BCUT2D eigenvalue weighted by atomic mass is 32.2. The molecule has 160 valence electrons. The van der Waals surface area contributed by atoms with Crippen LogP contribution in [-0.2, 0) is 22.7 Å². The Kier molecular flexibility index (Phi) is 6.18. The summed E-state index contributed by atoms with van der Waals surface area (Å²) in [4.78, 5) is 29.2. The van der Waals surface area contributed by atoms with Crippen LogP contribution in [-0.4, -0.2) is 17.1 Å². The standard InChI is InChI=1S/C25H26N2O3S/c1-16-10-11-17(2)19(13-16)15-27-21-8-4-5-9-22(21)31-23(25(27)29)18(3)24(28)26-14-20-7-6-12-30-20/h4-13,18,23H,14-15H2,1-3H3,(H,26,28)/t18-,23+/m0/s1. The number of benzene rings is 2. The summed E-state index contributed by atoms with van der Waals surface area (Å²) in [6, 6.07) is 17.8. The molecule has 6 heteroatoms. The molecule has 4 rings (SSSR count). The van der Waals surface area contributed by atoms with Crippen molar-refractivity contribution in [3.63, 3.8) is 0 Å². The summed E-state index contributed by atoms with van der Waals surface area (Å²) in [6.07, 6.45) is 1.58. The Morgan fingerprint density at radius 3 is 2.74 bits per heavy atom. The van der Waals surface area contributed by atoms with E-state index in [9.17, 15) is 9.59 Å². The maximum absolute atomic E-state index is 13.6. The van der Waals surface area contributed by atoms with Gasteiger partial charge in [-0.15, -0.1) is 11.8 Å². The van der Waals surface area contributed by atoms with Gasteiger partial charge in [0.05, 0.1) is 31.0 Å². The zero-order valence-corrected chi connectivity index (χ0v) is 18.7.